The first-order valence-corrected chi connectivity index (χ1v) is 5.44. The van der Waals surface area contributed by atoms with Crippen LogP contribution in [0.4, 0.5) is 0 Å². The number of fused-ring (bicyclic) bond motifs is 1. The van der Waals surface area contributed by atoms with E-state index in [2.05, 4.69) is 25.9 Å². The van der Waals surface area contributed by atoms with Crippen molar-refractivity contribution >= 4 is 21.7 Å². The second-order valence-corrected chi connectivity index (χ2v) is 3.58. The molecule has 0 atom stereocenters. The minimum Gasteiger partial charge on any atom is -0.285 e. The molecule has 0 aromatic carbocycles. The van der Waals surface area contributed by atoms with E-state index in [-0.39, 0.29) is 0 Å². The molecule has 0 aliphatic heterocycles. The Kier molecular flexibility index (Phi) is 3.63. The zero-order valence-corrected chi connectivity index (χ0v) is 10.5. The number of aryl methyl sites for hydroxylation is 2. The molecule has 0 aliphatic carbocycles. The van der Waals surface area contributed by atoms with Crippen LogP contribution in [0, 0.1) is 13.8 Å². The van der Waals surface area contributed by atoms with Crippen molar-refractivity contribution in [2.45, 2.75) is 27.7 Å². The highest BCUT2D eigenvalue weighted by molar-refractivity contribution is 9.10. The fourth-order valence-corrected chi connectivity index (χ4v) is 1.52. The Morgan fingerprint density at radius 2 is 1.71 bits per heavy atom. The summed E-state index contributed by atoms with van der Waals surface area (Å²) in [5, 5.41) is 0. The molecule has 2 aromatic rings. The van der Waals surface area contributed by atoms with Crippen LogP contribution in [0.3, 0.4) is 0 Å². The average molecular weight is 256 g/mol. The molecule has 4 heteroatoms. The molecule has 3 nitrogen and oxygen atoms in total. The molecule has 2 heterocycles. The molecule has 0 aliphatic rings. The Morgan fingerprint density at radius 1 is 1.14 bits per heavy atom. The van der Waals surface area contributed by atoms with Gasteiger partial charge in [0.05, 0.1) is 10.7 Å². The predicted molar refractivity (Wildman–Crippen MR) is 61.5 cm³/mol. The molecular formula is C10H14BrN3. The first-order chi connectivity index (χ1) is 6.70. The van der Waals surface area contributed by atoms with Crippen LogP contribution in [0.25, 0.3) is 5.78 Å². The number of rotatable bonds is 0. The Balaban J connectivity index is 0.000000461. The van der Waals surface area contributed by atoms with Crippen molar-refractivity contribution < 1.29 is 0 Å². The lowest BCUT2D eigenvalue weighted by Gasteiger charge is -2.02. The van der Waals surface area contributed by atoms with Crippen LogP contribution >= 0.6 is 15.9 Å². The Bertz CT molecular complexity index is 434. The summed E-state index contributed by atoms with van der Waals surface area (Å²) in [6, 6.07) is 0. The summed E-state index contributed by atoms with van der Waals surface area (Å²) in [6.07, 6.45) is 3.60. The van der Waals surface area contributed by atoms with E-state index in [0.29, 0.717) is 0 Å². The molecule has 0 bridgehead atoms. The van der Waals surface area contributed by atoms with Gasteiger partial charge in [0.25, 0.3) is 0 Å². The molecule has 0 saturated heterocycles. The number of hydrogen-bond acceptors (Lipinski definition) is 2. The highest BCUT2D eigenvalue weighted by Gasteiger charge is 2.04. The summed E-state index contributed by atoms with van der Waals surface area (Å²) in [5.74, 6) is 0.758. The SMILES string of the molecule is CC.Cc1cnc2ncc(Br)c(C)n12. The van der Waals surface area contributed by atoms with E-state index in [4.69, 9.17) is 0 Å². The van der Waals surface area contributed by atoms with E-state index in [9.17, 15) is 0 Å². The summed E-state index contributed by atoms with van der Waals surface area (Å²) in [5.41, 5.74) is 2.24. The maximum absolute atomic E-state index is 4.17. The maximum atomic E-state index is 4.17. The predicted octanol–water partition coefficient (Wildman–Crippen LogP) is 3.13. The van der Waals surface area contributed by atoms with Crippen LogP contribution in [0.2, 0.25) is 0 Å². The third-order valence-electron chi connectivity index (χ3n) is 1.89. The molecule has 0 fully saturated rings. The standard InChI is InChI=1S/C8H8BrN3.C2H6/c1-5-3-10-8-11-4-7(9)6(2)12(5)8;1-2/h3-4H,1-2H3;1-2H3. The van der Waals surface area contributed by atoms with E-state index in [1.807, 2.05) is 38.3 Å². The van der Waals surface area contributed by atoms with E-state index in [1.165, 1.54) is 0 Å². The molecule has 2 rings (SSSR count). The van der Waals surface area contributed by atoms with Crippen LogP contribution in [-0.4, -0.2) is 14.4 Å². The largest absolute Gasteiger partial charge is 0.285 e. The Labute approximate surface area is 92.3 Å². The van der Waals surface area contributed by atoms with E-state index < -0.39 is 0 Å². The van der Waals surface area contributed by atoms with E-state index in [0.717, 1.165) is 21.6 Å². The van der Waals surface area contributed by atoms with Crippen molar-refractivity contribution in [3.05, 3.63) is 28.3 Å². The topological polar surface area (TPSA) is 30.2 Å². The van der Waals surface area contributed by atoms with Crippen LogP contribution in [0.5, 0.6) is 0 Å². The number of hydrogen-bond donors (Lipinski definition) is 0. The molecule has 76 valence electrons. The third-order valence-corrected chi connectivity index (χ3v) is 2.67. The van der Waals surface area contributed by atoms with Crippen LogP contribution < -0.4 is 0 Å². The van der Waals surface area contributed by atoms with Gasteiger partial charge in [-0.2, -0.15) is 0 Å². The molecule has 14 heavy (non-hydrogen) atoms. The lowest BCUT2D eigenvalue weighted by Crippen LogP contribution is -1.96. The summed E-state index contributed by atoms with van der Waals surface area (Å²) >= 11 is 3.42. The van der Waals surface area contributed by atoms with Gasteiger partial charge in [-0.15, -0.1) is 0 Å². The van der Waals surface area contributed by atoms with Gasteiger partial charge in [-0.25, -0.2) is 9.97 Å². The molecule has 0 spiro atoms. The molecule has 0 N–H and O–H groups in total. The van der Waals surface area contributed by atoms with Gasteiger partial charge in [-0.05, 0) is 29.8 Å². The minimum atomic E-state index is 0.758. The highest BCUT2D eigenvalue weighted by atomic mass is 79.9. The number of imidazole rings is 1. The van der Waals surface area contributed by atoms with Gasteiger partial charge in [0, 0.05) is 17.6 Å². The van der Waals surface area contributed by atoms with Crippen molar-refractivity contribution in [1.82, 2.24) is 14.4 Å². The summed E-state index contributed by atoms with van der Waals surface area (Å²) in [7, 11) is 0. The Morgan fingerprint density at radius 3 is 2.36 bits per heavy atom. The summed E-state index contributed by atoms with van der Waals surface area (Å²) in [4.78, 5) is 8.32. The molecule has 0 saturated carbocycles. The lowest BCUT2D eigenvalue weighted by atomic mass is 10.4. The number of nitrogens with zero attached hydrogens (tertiary/aromatic N) is 3. The van der Waals surface area contributed by atoms with Crippen molar-refractivity contribution in [2.75, 3.05) is 0 Å². The zero-order valence-electron chi connectivity index (χ0n) is 8.87. The van der Waals surface area contributed by atoms with Gasteiger partial charge in [0.1, 0.15) is 0 Å². The Hall–Kier alpha value is -0.900. The minimum absolute atomic E-state index is 0.758. The first-order valence-electron chi connectivity index (χ1n) is 4.65. The normalized spacial score (nSPS) is 9.79. The number of halogens is 1. The third kappa shape index (κ3) is 1.80. The second-order valence-electron chi connectivity index (χ2n) is 2.73. The highest BCUT2D eigenvalue weighted by Crippen LogP contribution is 2.16. The maximum Gasteiger partial charge on any atom is 0.234 e. The average Bonchev–Trinajstić information content (AvgIpc) is 2.58. The van der Waals surface area contributed by atoms with E-state index >= 15 is 0 Å². The van der Waals surface area contributed by atoms with Crippen molar-refractivity contribution in [2.24, 2.45) is 0 Å². The molecular weight excluding hydrogens is 242 g/mol. The van der Waals surface area contributed by atoms with Crippen molar-refractivity contribution in [3.63, 3.8) is 0 Å². The van der Waals surface area contributed by atoms with Gasteiger partial charge >= 0.3 is 0 Å². The van der Waals surface area contributed by atoms with E-state index in [1.54, 1.807) is 6.20 Å². The smallest absolute Gasteiger partial charge is 0.234 e. The summed E-state index contributed by atoms with van der Waals surface area (Å²) < 4.78 is 3.03. The van der Waals surface area contributed by atoms with Crippen LogP contribution in [0.15, 0.2) is 16.9 Å². The molecule has 0 unspecified atom stereocenters. The lowest BCUT2D eigenvalue weighted by molar-refractivity contribution is 0.989. The van der Waals surface area contributed by atoms with Crippen molar-refractivity contribution in [1.29, 1.82) is 0 Å². The molecule has 2 aromatic heterocycles. The van der Waals surface area contributed by atoms with Crippen molar-refractivity contribution in [3.8, 4) is 0 Å². The first kappa shape index (κ1) is 11.2. The monoisotopic (exact) mass is 255 g/mol. The van der Waals surface area contributed by atoms with Crippen LogP contribution in [0.1, 0.15) is 25.2 Å². The van der Waals surface area contributed by atoms with Crippen LogP contribution in [-0.2, 0) is 0 Å². The second kappa shape index (κ2) is 4.55. The quantitative estimate of drug-likeness (QED) is 0.724. The van der Waals surface area contributed by atoms with Gasteiger partial charge < -0.3 is 0 Å². The van der Waals surface area contributed by atoms with Gasteiger partial charge in [-0.1, -0.05) is 13.8 Å². The zero-order chi connectivity index (χ0) is 10.7. The fourth-order valence-electron chi connectivity index (χ4n) is 1.24. The number of aromatic nitrogens is 3. The van der Waals surface area contributed by atoms with Gasteiger partial charge in [0.2, 0.25) is 5.78 Å². The summed E-state index contributed by atoms with van der Waals surface area (Å²) in [6.45, 7) is 8.05. The van der Waals surface area contributed by atoms with Gasteiger partial charge in [-0.3, -0.25) is 4.40 Å². The fraction of sp³-hybridized carbons (Fsp3) is 0.400. The van der Waals surface area contributed by atoms with Gasteiger partial charge in [0.15, 0.2) is 0 Å². The molecule has 0 amide bonds. The molecule has 0 radical (unpaired) electrons.